The minimum Gasteiger partial charge on any atom is -0.406 e. The third kappa shape index (κ3) is 6.40. The third-order valence-electron chi connectivity index (χ3n) is 5.32. The molecule has 0 saturated heterocycles. The lowest BCUT2D eigenvalue weighted by Crippen LogP contribution is -2.29. The van der Waals surface area contributed by atoms with Crippen LogP contribution in [0.4, 0.5) is 37.7 Å². The monoisotopic (exact) mass is 494 g/mol. The first kappa shape index (κ1) is 24.3. The number of alkyl halides is 6. The van der Waals surface area contributed by atoms with Crippen molar-refractivity contribution in [3.63, 3.8) is 0 Å². The molecule has 2 aliphatic rings. The lowest BCUT2D eigenvalue weighted by Gasteiger charge is -2.31. The lowest BCUT2D eigenvalue weighted by atomic mass is 9.98. The van der Waals surface area contributed by atoms with Gasteiger partial charge in [-0.2, -0.15) is 0 Å². The van der Waals surface area contributed by atoms with Crippen molar-refractivity contribution in [1.82, 2.24) is 0 Å². The topological polar surface area (TPSA) is 24.9 Å². The molecular formula is C25H20F6N2O2. The summed E-state index contributed by atoms with van der Waals surface area (Å²) in [7, 11) is 0. The molecule has 0 spiro atoms. The fourth-order valence-corrected chi connectivity index (χ4v) is 3.77. The van der Waals surface area contributed by atoms with E-state index in [4.69, 9.17) is 0 Å². The van der Waals surface area contributed by atoms with Crippen molar-refractivity contribution < 1.29 is 35.8 Å². The van der Waals surface area contributed by atoms with Crippen LogP contribution in [-0.2, 0) is 0 Å². The second kappa shape index (κ2) is 9.44. The van der Waals surface area contributed by atoms with Crippen LogP contribution in [0.25, 0.3) is 0 Å². The van der Waals surface area contributed by atoms with Gasteiger partial charge in [-0.25, -0.2) is 0 Å². The molecular weight excluding hydrogens is 474 g/mol. The van der Waals surface area contributed by atoms with Crippen LogP contribution in [0.5, 0.6) is 11.5 Å². The SMILES string of the molecule is CC1C=C(C2=CCN(c3ccc(OC(F)(F)F)cc3)C=C2)C=CN1c1ccc(OC(F)(F)F)cc1. The Bertz CT molecular complexity index is 1160. The summed E-state index contributed by atoms with van der Waals surface area (Å²) in [6, 6.07) is 11.2. The van der Waals surface area contributed by atoms with Gasteiger partial charge in [0.2, 0.25) is 0 Å². The highest BCUT2D eigenvalue weighted by molar-refractivity contribution is 5.61. The van der Waals surface area contributed by atoms with E-state index in [1.54, 1.807) is 24.3 Å². The van der Waals surface area contributed by atoms with Crippen molar-refractivity contribution in [2.45, 2.75) is 25.7 Å². The molecule has 35 heavy (non-hydrogen) atoms. The average molecular weight is 494 g/mol. The van der Waals surface area contributed by atoms with E-state index in [-0.39, 0.29) is 17.5 Å². The van der Waals surface area contributed by atoms with E-state index < -0.39 is 12.7 Å². The maximum atomic E-state index is 12.4. The van der Waals surface area contributed by atoms with Crippen LogP contribution in [0.3, 0.4) is 0 Å². The van der Waals surface area contributed by atoms with Crippen LogP contribution in [0.15, 0.2) is 96.4 Å². The largest absolute Gasteiger partial charge is 0.573 e. The van der Waals surface area contributed by atoms with Gasteiger partial charge in [-0.05, 0) is 78.8 Å². The summed E-state index contributed by atoms with van der Waals surface area (Å²) >= 11 is 0. The quantitative estimate of drug-likeness (QED) is 0.415. The van der Waals surface area contributed by atoms with Crippen LogP contribution < -0.4 is 19.3 Å². The minimum absolute atomic E-state index is 0.0575. The van der Waals surface area contributed by atoms with Gasteiger partial charge in [-0.15, -0.1) is 26.3 Å². The summed E-state index contributed by atoms with van der Waals surface area (Å²) in [5.74, 6) is -0.562. The van der Waals surface area contributed by atoms with Crippen LogP contribution >= 0.6 is 0 Å². The highest BCUT2D eigenvalue weighted by Gasteiger charge is 2.31. The normalized spacial score (nSPS) is 18.3. The number of hydrogen-bond acceptors (Lipinski definition) is 4. The van der Waals surface area contributed by atoms with Crippen molar-refractivity contribution in [2.24, 2.45) is 0 Å². The Morgan fingerprint density at radius 2 is 1.23 bits per heavy atom. The number of allylic oxidation sites excluding steroid dienone is 4. The highest BCUT2D eigenvalue weighted by atomic mass is 19.4. The van der Waals surface area contributed by atoms with Crippen molar-refractivity contribution >= 4 is 11.4 Å². The maximum Gasteiger partial charge on any atom is 0.573 e. The molecule has 0 N–H and O–H groups in total. The Hall–Kier alpha value is -3.82. The van der Waals surface area contributed by atoms with Crippen molar-refractivity contribution in [1.29, 1.82) is 0 Å². The zero-order valence-corrected chi connectivity index (χ0v) is 18.3. The Morgan fingerprint density at radius 1 is 0.714 bits per heavy atom. The summed E-state index contributed by atoms with van der Waals surface area (Å²) in [4.78, 5) is 3.80. The standard InChI is InChI=1S/C25H20F6N2O2/c1-17-16-19(12-15-33(17)21-4-8-23(9-5-21)35-25(29,30)31)18-10-13-32(14-11-18)20-2-6-22(7-3-20)34-24(26,27)28/h2-13,15-17H,14H2,1H3. The predicted octanol–water partition coefficient (Wildman–Crippen LogP) is 7.09. The van der Waals surface area contributed by atoms with E-state index in [2.05, 4.69) is 9.47 Å². The average Bonchev–Trinajstić information content (AvgIpc) is 2.78. The molecule has 0 aliphatic carbocycles. The van der Waals surface area contributed by atoms with Gasteiger partial charge in [0.1, 0.15) is 11.5 Å². The van der Waals surface area contributed by atoms with Gasteiger partial charge in [0, 0.05) is 36.4 Å². The minimum atomic E-state index is -4.74. The number of ether oxygens (including phenoxy) is 2. The van der Waals surface area contributed by atoms with Gasteiger partial charge in [0.15, 0.2) is 0 Å². The molecule has 0 saturated carbocycles. The zero-order valence-electron chi connectivity index (χ0n) is 18.3. The van der Waals surface area contributed by atoms with E-state index in [1.807, 2.05) is 53.4 Å². The van der Waals surface area contributed by atoms with Gasteiger partial charge >= 0.3 is 12.7 Å². The molecule has 0 bridgehead atoms. The lowest BCUT2D eigenvalue weighted by molar-refractivity contribution is -0.275. The Morgan fingerprint density at radius 3 is 1.69 bits per heavy atom. The molecule has 2 aromatic carbocycles. The summed E-state index contributed by atoms with van der Waals surface area (Å²) in [6.45, 7) is 2.49. The summed E-state index contributed by atoms with van der Waals surface area (Å²) < 4.78 is 81.9. The molecule has 2 heterocycles. The molecule has 2 aromatic rings. The second-order valence-corrected chi connectivity index (χ2v) is 7.80. The molecule has 2 aliphatic heterocycles. The first-order valence-corrected chi connectivity index (χ1v) is 10.5. The van der Waals surface area contributed by atoms with Gasteiger partial charge in [0.25, 0.3) is 0 Å². The van der Waals surface area contributed by atoms with E-state index in [0.29, 0.717) is 6.54 Å². The molecule has 4 rings (SSSR count). The Kier molecular flexibility index (Phi) is 6.56. The molecule has 1 unspecified atom stereocenters. The van der Waals surface area contributed by atoms with Crippen LogP contribution in [-0.4, -0.2) is 25.3 Å². The predicted molar refractivity (Wildman–Crippen MR) is 120 cm³/mol. The zero-order chi connectivity index (χ0) is 25.2. The molecule has 0 aromatic heterocycles. The molecule has 0 amide bonds. The highest BCUT2D eigenvalue weighted by Crippen LogP contribution is 2.31. The van der Waals surface area contributed by atoms with Crippen LogP contribution in [0, 0.1) is 0 Å². The van der Waals surface area contributed by atoms with Crippen molar-refractivity contribution in [3.05, 3.63) is 96.4 Å². The fourth-order valence-electron chi connectivity index (χ4n) is 3.77. The van der Waals surface area contributed by atoms with E-state index in [0.717, 1.165) is 22.5 Å². The molecule has 0 fully saturated rings. The summed E-state index contributed by atoms with van der Waals surface area (Å²) in [5, 5.41) is 0. The molecule has 10 heteroatoms. The number of anilines is 2. The molecule has 0 radical (unpaired) electrons. The number of nitrogens with zero attached hydrogens (tertiary/aromatic N) is 2. The van der Waals surface area contributed by atoms with Gasteiger partial charge < -0.3 is 19.3 Å². The Balaban J connectivity index is 1.38. The number of hydrogen-bond donors (Lipinski definition) is 0. The number of benzene rings is 2. The number of rotatable bonds is 5. The first-order chi connectivity index (χ1) is 16.5. The second-order valence-electron chi connectivity index (χ2n) is 7.80. The van der Waals surface area contributed by atoms with Crippen molar-refractivity contribution in [3.8, 4) is 11.5 Å². The van der Waals surface area contributed by atoms with Gasteiger partial charge in [-0.3, -0.25) is 0 Å². The van der Waals surface area contributed by atoms with Crippen LogP contribution in [0.2, 0.25) is 0 Å². The maximum absolute atomic E-state index is 12.4. The van der Waals surface area contributed by atoms with Gasteiger partial charge in [-0.1, -0.05) is 12.2 Å². The molecule has 4 nitrogen and oxygen atoms in total. The van der Waals surface area contributed by atoms with E-state index >= 15 is 0 Å². The van der Waals surface area contributed by atoms with Gasteiger partial charge in [0.05, 0.1) is 0 Å². The number of halogens is 6. The molecule has 184 valence electrons. The molecule has 1 atom stereocenters. The van der Waals surface area contributed by atoms with E-state index in [1.165, 1.54) is 24.3 Å². The Labute approximate surface area is 197 Å². The van der Waals surface area contributed by atoms with E-state index in [9.17, 15) is 26.3 Å². The smallest absolute Gasteiger partial charge is 0.406 e. The summed E-state index contributed by atoms with van der Waals surface area (Å²) in [5.41, 5.74) is 3.40. The first-order valence-electron chi connectivity index (χ1n) is 10.5. The van der Waals surface area contributed by atoms with Crippen LogP contribution in [0.1, 0.15) is 6.92 Å². The summed E-state index contributed by atoms with van der Waals surface area (Å²) in [6.07, 6.45) is 2.10. The third-order valence-corrected chi connectivity index (χ3v) is 5.32. The fraction of sp³-hybridized carbons (Fsp3) is 0.200. The van der Waals surface area contributed by atoms with Crippen molar-refractivity contribution in [2.75, 3.05) is 16.3 Å².